The monoisotopic (exact) mass is 224 g/mol. The van der Waals surface area contributed by atoms with Gasteiger partial charge in [0, 0.05) is 12.2 Å². The van der Waals surface area contributed by atoms with Gasteiger partial charge >= 0.3 is 11.9 Å². The lowest BCUT2D eigenvalue weighted by atomic mass is 10.2. The Kier molecular flexibility index (Phi) is 8.59. The summed E-state index contributed by atoms with van der Waals surface area (Å²) in [6, 6.07) is 0. The molecule has 88 valence electrons. The number of unbranched alkanes of at least 4 members (excludes halogenated alkanes) is 2. The maximum absolute atomic E-state index is 10.8. The van der Waals surface area contributed by atoms with Crippen molar-refractivity contribution in [3.8, 4) is 0 Å². The van der Waals surface area contributed by atoms with Crippen LogP contribution in [0.3, 0.4) is 0 Å². The largest absolute Gasteiger partial charge is 0.478 e. The maximum Gasteiger partial charge on any atom is 0.335 e. The summed E-state index contributed by atoms with van der Waals surface area (Å²) in [4.78, 5) is 20.9. The molecular weight excluding hydrogens is 208 g/mol. The summed E-state index contributed by atoms with van der Waals surface area (Å²) in [5, 5.41) is 8.23. The highest BCUT2D eigenvalue weighted by molar-refractivity contribution is 5.90. The van der Waals surface area contributed by atoms with Gasteiger partial charge in [-0.25, -0.2) is 9.59 Å². The van der Waals surface area contributed by atoms with Crippen LogP contribution in [0, 0.1) is 0 Å². The molecule has 0 atom stereocenters. The molecule has 0 saturated carbocycles. The minimum atomic E-state index is -1.18. The molecule has 0 rings (SSSR count). The van der Waals surface area contributed by atoms with Crippen molar-refractivity contribution in [2.24, 2.45) is 0 Å². The first-order valence-electron chi connectivity index (χ1n) is 5.10. The molecule has 0 aromatic heterocycles. The molecule has 0 spiro atoms. The van der Waals surface area contributed by atoms with Gasteiger partial charge in [-0.15, -0.1) is 0 Å². The normalized spacial score (nSPS) is 11.6. The van der Waals surface area contributed by atoms with Crippen LogP contribution in [0.25, 0.3) is 0 Å². The van der Waals surface area contributed by atoms with E-state index in [-0.39, 0.29) is 0 Å². The van der Waals surface area contributed by atoms with Gasteiger partial charge in [0.15, 0.2) is 0 Å². The lowest BCUT2D eigenvalue weighted by molar-refractivity contribution is -0.134. The van der Waals surface area contributed by atoms with Crippen LogP contribution in [-0.2, 0) is 14.3 Å². The van der Waals surface area contributed by atoms with Gasteiger partial charge in [0.25, 0.3) is 0 Å². The van der Waals surface area contributed by atoms with E-state index in [2.05, 4.69) is 11.7 Å². The number of carboxylic acids is 1. The SMILES string of the molecule is CCCCC=CC=COC(=O)/C=C/C(=O)O. The molecule has 0 aromatic carbocycles. The highest BCUT2D eigenvalue weighted by Crippen LogP contribution is 1.95. The number of hydrogen-bond acceptors (Lipinski definition) is 3. The lowest BCUT2D eigenvalue weighted by Gasteiger charge is -1.90. The second-order valence-corrected chi connectivity index (χ2v) is 3.01. The van der Waals surface area contributed by atoms with Gasteiger partial charge in [-0.2, -0.15) is 0 Å². The predicted molar refractivity (Wildman–Crippen MR) is 60.7 cm³/mol. The van der Waals surface area contributed by atoms with E-state index in [4.69, 9.17) is 5.11 Å². The van der Waals surface area contributed by atoms with Crippen LogP contribution >= 0.6 is 0 Å². The Morgan fingerprint density at radius 3 is 2.62 bits per heavy atom. The van der Waals surface area contributed by atoms with Crippen molar-refractivity contribution >= 4 is 11.9 Å². The van der Waals surface area contributed by atoms with E-state index in [9.17, 15) is 9.59 Å². The van der Waals surface area contributed by atoms with Crippen molar-refractivity contribution in [3.63, 3.8) is 0 Å². The second kappa shape index (κ2) is 9.71. The van der Waals surface area contributed by atoms with E-state index < -0.39 is 11.9 Å². The summed E-state index contributed by atoms with van der Waals surface area (Å²) in [5.74, 6) is -1.89. The van der Waals surface area contributed by atoms with Crippen molar-refractivity contribution in [3.05, 3.63) is 36.6 Å². The predicted octanol–water partition coefficient (Wildman–Crippen LogP) is 2.43. The third kappa shape index (κ3) is 10.2. The quantitative estimate of drug-likeness (QED) is 0.237. The molecule has 4 nitrogen and oxygen atoms in total. The van der Waals surface area contributed by atoms with Crippen LogP contribution in [0.4, 0.5) is 0 Å². The summed E-state index contributed by atoms with van der Waals surface area (Å²) in [6.07, 6.45) is 11.4. The topological polar surface area (TPSA) is 63.6 Å². The van der Waals surface area contributed by atoms with Crippen LogP contribution < -0.4 is 0 Å². The third-order valence-corrected chi connectivity index (χ3v) is 1.60. The molecule has 0 bridgehead atoms. The molecule has 4 heteroatoms. The first kappa shape index (κ1) is 14.2. The number of hydrogen-bond donors (Lipinski definition) is 1. The average Bonchev–Trinajstić information content (AvgIpc) is 2.25. The number of ether oxygens (including phenoxy) is 1. The highest BCUT2D eigenvalue weighted by Gasteiger charge is 1.93. The molecule has 0 aliphatic rings. The van der Waals surface area contributed by atoms with E-state index >= 15 is 0 Å². The molecule has 16 heavy (non-hydrogen) atoms. The summed E-state index contributed by atoms with van der Waals surface area (Å²) in [5.41, 5.74) is 0. The lowest BCUT2D eigenvalue weighted by Crippen LogP contribution is -1.96. The zero-order valence-corrected chi connectivity index (χ0v) is 9.26. The molecule has 1 N–H and O–H groups in total. The van der Waals surface area contributed by atoms with Crippen molar-refractivity contribution in [2.45, 2.75) is 26.2 Å². The van der Waals surface area contributed by atoms with Gasteiger partial charge in [-0.05, 0) is 12.5 Å². The fourth-order valence-corrected chi connectivity index (χ4v) is 0.827. The first-order chi connectivity index (χ1) is 7.66. The van der Waals surface area contributed by atoms with Gasteiger partial charge in [-0.1, -0.05) is 31.9 Å². The van der Waals surface area contributed by atoms with Gasteiger partial charge < -0.3 is 9.84 Å². The van der Waals surface area contributed by atoms with Crippen molar-refractivity contribution in [1.29, 1.82) is 0 Å². The van der Waals surface area contributed by atoms with Crippen LogP contribution in [0.2, 0.25) is 0 Å². The average molecular weight is 224 g/mol. The molecule has 0 aliphatic carbocycles. The first-order valence-corrected chi connectivity index (χ1v) is 5.10. The molecule has 0 aliphatic heterocycles. The van der Waals surface area contributed by atoms with Crippen molar-refractivity contribution in [1.82, 2.24) is 0 Å². The van der Waals surface area contributed by atoms with Gasteiger partial charge in [0.05, 0.1) is 6.26 Å². The Labute approximate surface area is 94.9 Å². The van der Waals surface area contributed by atoms with Crippen molar-refractivity contribution in [2.75, 3.05) is 0 Å². The number of carbonyl (C=O) groups is 2. The van der Waals surface area contributed by atoms with Crippen LogP contribution in [-0.4, -0.2) is 17.0 Å². The number of allylic oxidation sites excluding steroid dienone is 3. The fourth-order valence-electron chi connectivity index (χ4n) is 0.827. The Bertz CT molecular complexity index is 300. The van der Waals surface area contributed by atoms with E-state index in [1.807, 2.05) is 6.08 Å². The Hall–Kier alpha value is -1.84. The fraction of sp³-hybridized carbons (Fsp3) is 0.333. The number of rotatable bonds is 7. The number of carboxylic acid groups (broad SMARTS) is 1. The minimum absolute atomic E-state index is 0.708. The Balaban J connectivity index is 3.71. The summed E-state index contributed by atoms with van der Waals surface area (Å²) in [6.45, 7) is 2.11. The third-order valence-electron chi connectivity index (χ3n) is 1.60. The Morgan fingerprint density at radius 1 is 1.25 bits per heavy atom. The highest BCUT2D eigenvalue weighted by atomic mass is 16.5. The maximum atomic E-state index is 10.8. The van der Waals surface area contributed by atoms with Crippen LogP contribution in [0.15, 0.2) is 36.6 Å². The second-order valence-electron chi connectivity index (χ2n) is 3.01. The van der Waals surface area contributed by atoms with E-state index in [1.54, 1.807) is 12.2 Å². The smallest absolute Gasteiger partial charge is 0.335 e. The number of carbonyl (C=O) groups excluding carboxylic acids is 1. The standard InChI is InChI=1S/C12H16O4/c1-2-3-4-5-6-7-10-16-12(15)9-8-11(13)14/h5-10H,2-4H2,1H3,(H,13,14)/b6-5?,9-8+,10-7?. The number of esters is 1. The molecule has 0 fully saturated rings. The van der Waals surface area contributed by atoms with Gasteiger partial charge in [0.1, 0.15) is 0 Å². The molecule has 0 unspecified atom stereocenters. The van der Waals surface area contributed by atoms with E-state index in [0.29, 0.717) is 0 Å². The minimum Gasteiger partial charge on any atom is -0.478 e. The van der Waals surface area contributed by atoms with Crippen LogP contribution in [0.1, 0.15) is 26.2 Å². The van der Waals surface area contributed by atoms with Gasteiger partial charge in [-0.3, -0.25) is 0 Å². The molecular formula is C12H16O4. The van der Waals surface area contributed by atoms with E-state index in [1.165, 1.54) is 6.26 Å². The van der Waals surface area contributed by atoms with Gasteiger partial charge in [0.2, 0.25) is 0 Å². The summed E-state index contributed by atoms with van der Waals surface area (Å²) < 4.78 is 4.58. The number of aliphatic carboxylic acids is 1. The zero-order valence-electron chi connectivity index (χ0n) is 9.26. The summed E-state index contributed by atoms with van der Waals surface area (Å²) in [7, 11) is 0. The molecule has 0 heterocycles. The van der Waals surface area contributed by atoms with Crippen LogP contribution in [0.5, 0.6) is 0 Å². The molecule has 0 radical (unpaired) electrons. The van der Waals surface area contributed by atoms with E-state index in [0.717, 1.165) is 31.4 Å². The zero-order chi connectivity index (χ0) is 12.2. The molecule has 0 aromatic rings. The molecule has 0 saturated heterocycles. The van der Waals surface area contributed by atoms with Crippen molar-refractivity contribution < 1.29 is 19.4 Å². The molecule has 0 amide bonds. The Morgan fingerprint density at radius 2 is 2.00 bits per heavy atom. The summed E-state index contributed by atoms with van der Waals surface area (Å²) >= 11 is 0.